The fraction of sp³-hybridized carbons (Fsp3) is 0.529. The number of anilines is 1. The Hall–Kier alpha value is -2.44. The van der Waals surface area contributed by atoms with E-state index in [4.69, 9.17) is 0 Å². The van der Waals surface area contributed by atoms with Gasteiger partial charge in [-0.15, -0.1) is 10.2 Å². The number of nitrogens with one attached hydrogen (secondary N) is 2. The summed E-state index contributed by atoms with van der Waals surface area (Å²) in [6, 6.07) is 2.76. The molecule has 7 nitrogen and oxygen atoms in total. The average Bonchev–Trinajstić information content (AvgIpc) is 2.86. The highest BCUT2D eigenvalue weighted by Gasteiger charge is 2.19. The lowest BCUT2D eigenvalue weighted by Gasteiger charge is -2.26. The summed E-state index contributed by atoms with van der Waals surface area (Å²) in [5, 5.41) is 11.8. The molecule has 0 unspecified atom stereocenters. The molecular formula is C17H24N6O. The zero-order chi connectivity index (χ0) is 17.1. The van der Waals surface area contributed by atoms with E-state index in [1.807, 2.05) is 0 Å². The van der Waals surface area contributed by atoms with Gasteiger partial charge >= 0.3 is 0 Å². The maximum atomic E-state index is 11.5. The van der Waals surface area contributed by atoms with Crippen LogP contribution in [0.15, 0.2) is 16.0 Å². The Morgan fingerprint density at radius 3 is 2.71 bits per heavy atom. The Morgan fingerprint density at radius 2 is 2.00 bits per heavy atom. The van der Waals surface area contributed by atoms with E-state index in [1.54, 1.807) is 13.1 Å². The van der Waals surface area contributed by atoms with Gasteiger partial charge in [0.2, 0.25) is 5.95 Å². The molecule has 0 aromatic carbocycles. The van der Waals surface area contributed by atoms with Crippen molar-refractivity contribution in [3.63, 3.8) is 0 Å². The molecule has 2 N–H and O–H groups in total. The second kappa shape index (κ2) is 6.98. The molecule has 2 aromatic rings. The lowest BCUT2D eigenvalue weighted by molar-refractivity contribution is 0.346. The summed E-state index contributed by atoms with van der Waals surface area (Å²) in [7, 11) is 0. The van der Waals surface area contributed by atoms with Crippen molar-refractivity contribution in [2.45, 2.75) is 58.9 Å². The van der Waals surface area contributed by atoms with E-state index in [0.29, 0.717) is 11.7 Å². The molecule has 1 aliphatic carbocycles. The topological polar surface area (TPSA) is 88.0 Å². The van der Waals surface area contributed by atoms with Gasteiger partial charge < -0.3 is 4.57 Å². The van der Waals surface area contributed by atoms with Crippen LogP contribution in [-0.2, 0) is 0 Å². The van der Waals surface area contributed by atoms with Crippen molar-refractivity contribution in [2.24, 2.45) is 5.10 Å². The van der Waals surface area contributed by atoms with Gasteiger partial charge in [-0.3, -0.25) is 9.78 Å². The number of rotatable bonds is 4. The van der Waals surface area contributed by atoms with Crippen LogP contribution in [0.1, 0.15) is 60.8 Å². The van der Waals surface area contributed by atoms with Crippen LogP contribution in [-0.4, -0.2) is 26.0 Å². The highest BCUT2D eigenvalue weighted by molar-refractivity contribution is 5.82. The first-order chi connectivity index (χ1) is 11.6. The molecule has 0 radical (unpaired) electrons. The number of hydrogen-bond donors (Lipinski definition) is 2. The first kappa shape index (κ1) is 16.4. The van der Waals surface area contributed by atoms with Crippen LogP contribution >= 0.6 is 0 Å². The molecule has 1 saturated carbocycles. The smallest absolute Gasteiger partial charge is 0.274 e. The lowest BCUT2D eigenvalue weighted by Crippen LogP contribution is -2.16. The highest BCUT2D eigenvalue weighted by Crippen LogP contribution is 2.31. The Kier molecular flexibility index (Phi) is 4.78. The third kappa shape index (κ3) is 3.39. The zero-order valence-electron chi connectivity index (χ0n) is 14.5. The van der Waals surface area contributed by atoms with Gasteiger partial charge in [0.15, 0.2) is 0 Å². The minimum absolute atomic E-state index is 0.239. The van der Waals surface area contributed by atoms with Gasteiger partial charge in [-0.1, -0.05) is 19.3 Å². The van der Waals surface area contributed by atoms with Gasteiger partial charge in [0.25, 0.3) is 5.56 Å². The molecule has 1 fully saturated rings. The van der Waals surface area contributed by atoms with Crippen LogP contribution in [0.3, 0.4) is 0 Å². The minimum atomic E-state index is -0.266. The third-order valence-electron chi connectivity index (χ3n) is 4.70. The summed E-state index contributed by atoms with van der Waals surface area (Å²) >= 11 is 0. The van der Waals surface area contributed by atoms with Crippen LogP contribution in [0.2, 0.25) is 0 Å². The summed E-state index contributed by atoms with van der Waals surface area (Å²) in [4.78, 5) is 14.1. The fourth-order valence-electron chi connectivity index (χ4n) is 3.44. The van der Waals surface area contributed by atoms with Crippen molar-refractivity contribution in [1.82, 2.24) is 19.7 Å². The summed E-state index contributed by atoms with van der Waals surface area (Å²) in [5.74, 6) is 0.239. The van der Waals surface area contributed by atoms with Gasteiger partial charge in [-0.05, 0) is 39.7 Å². The zero-order valence-corrected chi connectivity index (χ0v) is 14.5. The molecule has 24 heavy (non-hydrogen) atoms. The molecule has 3 rings (SSSR count). The molecule has 0 bridgehead atoms. The predicted octanol–water partition coefficient (Wildman–Crippen LogP) is 2.84. The quantitative estimate of drug-likeness (QED) is 0.667. The number of H-pyrrole nitrogens is 1. The minimum Gasteiger partial charge on any atom is -0.345 e. The van der Waals surface area contributed by atoms with Crippen molar-refractivity contribution in [1.29, 1.82) is 0 Å². The van der Waals surface area contributed by atoms with E-state index in [1.165, 1.54) is 43.5 Å². The van der Waals surface area contributed by atoms with Gasteiger partial charge in [0.05, 0.1) is 6.21 Å². The monoisotopic (exact) mass is 328 g/mol. The maximum Gasteiger partial charge on any atom is 0.274 e. The number of aromatic amines is 1. The molecule has 0 aliphatic heterocycles. The van der Waals surface area contributed by atoms with Crippen LogP contribution in [0, 0.1) is 20.8 Å². The number of nitrogens with zero attached hydrogens (tertiary/aromatic N) is 4. The Balaban J connectivity index is 1.75. The summed E-state index contributed by atoms with van der Waals surface area (Å²) in [5.41, 5.74) is 6.37. The van der Waals surface area contributed by atoms with Crippen molar-refractivity contribution >= 4 is 12.2 Å². The van der Waals surface area contributed by atoms with Gasteiger partial charge in [0.1, 0.15) is 5.69 Å². The number of hydrazone groups is 1. The maximum absolute atomic E-state index is 11.5. The van der Waals surface area contributed by atoms with Crippen LogP contribution in [0.4, 0.5) is 5.95 Å². The van der Waals surface area contributed by atoms with Gasteiger partial charge in [-0.25, -0.2) is 5.43 Å². The summed E-state index contributed by atoms with van der Waals surface area (Å²) in [6.45, 7) is 5.89. The van der Waals surface area contributed by atoms with Crippen LogP contribution < -0.4 is 11.0 Å². The predicted molar refractivity (Wildman–Crippen MR) is 94.6 cm³/mol. The molecule has 2 heterocycles. The van der Waals surface area contributed by atoms with Crippen molar-refractivity contribution in [3.05, 3.63) is 39.1 Å². The second-order valence-electron chi connectivity index (χ2n) is 6.45. The van der Waals surface area contributed by atoms with E-state index < -0.39 is 0 Å². The average molecular weight is 328 g/mol. The summed E-state index contributed by atoms with van der Waals surface area (Å²) < 4.78 is 2.44. The Labute approximate surface area is 141 Å². The summed E-state index contributed by atoms with van der Waals surface area (Å²) in [6.07, 6.45) is 8.25. The third-order valence-corrected chi connectivity index (χ3v) is 4.70. The SMILES string of the molecule is Cc1nnc(N/N=C\c2cc(C)n(C3CCCCC3)c2C)[nH]c1=O. The largest absolute Gasteiger partial charge is 0.345 e. The molecular weight excluding hydrogens is 304 g/mol. The molecule has 0 saturated heterocycles. The van der Waals surface area contributed by atoms with Crippen molar-refractivity contribution in [2.75, 3.05) is 5.43 Å². The molecule has 128 valence electrons. The van der Waals surface area contributed by atoms with E-state index in [9.17, 15) is 4.79 Å². The first-order valence-corrected chi connectivity index (χ1v) is 8.47. The standard InChI is InChI=1S/C17H24N6O/c1-11-9-14(13(3)23(11)15-7-5-4-6-8-15)10-18-21-17-19-16(24)12(2)20-22-17/h9-10,15H,4-8H2,1-3H3,(H2,19,21,22,24)/b18-10-. The first-order valence-electron chi connectivity index (χ1n) is 8.47. The van der Waals surface area contributed by atoms with Gasteiger partial charge in [-0.2, -0.15) is 5.10 Å². The van der Waals surface area contributed by atoms with Crippen molar-refractivity contribution in [3.8, 4) is 0 Å². The molecule has 1 aliphatic rings. The number of aryl methyl sites for hydroxylation is 2. The van der Waals surface area contributed by atoms with Gasteiger partial charge in [0, 0.05) is 23.0 Å². The molecule has 0 atom stereocenters. The van der Waals surface area contributed by atoms with E-state index in [-0.39, 0.29) is 11.5 Å². The van der Waals surface area contributed by atoms with E-state index >= 15 is 0 Å². The second-order valence-corrected chi connectivity index (χ2v) is 6.45. The number of aromatic nitrogens is 4. The molecule has 2 aromatic heterocycles. The van der Waals surface area contributed by atoms with Crippen molar-refractivity contribution < 1.29 is 0 Å². The van der Waals surface area contributed by atoms with E-state index in [0.717, 1.165) is 5.56 Å². The molecule has 7 heteroatoms. The van der Waals surface area contributed by atoms with Crippen LogP contribution in [0.5, 0.6) is 0 Å². The van der Waals surface area contributed by atoms with E-state index in [2.05, 4.69) is 50.2 Å². The highest BCUT2D eigenvalue weighted by atomic mass is 16.1. The lowest BCUT2D eigenvalue weighted by atomic mass is 9.95. The molecule has 0 amide bonds. The molecule has 0 spiro atoms. The number of hydrogen-bond acceptors (Lipinski definition) is 5. The fourth-order valence-corrected chi connectivity index (χ4v) is 3.44. The van der Waals surface area contributed by atoms with Crippen LogP contribution in [0.25, 0.3) is 0 Å². The Morgan fingerprint density at radius 1 is 1.25 bits per heavy atom. The Bertz CT molecular complexity index is 798. The normalized spacial score (nSPS) is 16.0.